The Morgan fingerprint density at radius 2 is 1.03 bits per heavy atom. The molecule has 35 heavy (non-hydrogen) atoms. The van der Waals surface area contributed by atoms with Crippen molar-refractivity contribution in [3.8, 4) is 0 Å². The van der Waals surface area contributed by atoms with Gasteiger partial charge < -0.3 is 9.47 Å². The van der Waals surface area contributed by atoms with Crippen LogP contribution < -0.4 is 0 Å². The molecule has 0 amide bonds. The molecule has 3 aliphatic carbocycles. The molecule has 2 bridgehead atoms. The maximum absolute atomic E-state index is 17.5. The summed E-state index contributed by atoms with van der Waals surface area (Å²) in [6.07, 6.45) is -2.41. The van der Waals surface area contributed by atoms with E-state index in [-0.39, 0.29) is 0 Å². The van der Waals surface area contributed by atoms with Crippen LogP contribution in [0.15, 0.2) is 109 Å². The Hall–Kier alpha value is -4.25. The van der Waals surface area contributed by atoms with Crippen LogP contribution in [0.25, 0.3) is 0 Å². The quantitative estimate of drug-likeness (QED) is 0.358. The summed E-state index contributed by atoms with van der Waals surface area (Å²) in [6, 6.07) is 31.3. The lowest BCUT2D eigenvalue weighted by molar-refractivity contribution is -0.109. The Kier molecular flexibility index (Phi) is 4.99. The Labute approximate surface area is 201 Å². The fourth-order valence-corrected chi connectivity index (χ4v) is 5.37. The van der Waals surface area contributed by atoms with Crippen LogP contribution in [0.5, 0.6) is 0 Å². The Balaban J connectivity index is 1.50. The molecule has 4 aromatic rings. The lowest BCUT2D eigenvalue weighted by atomic mass is 9.59. The van der Waals surface area contributed by atoms with E-state index in [0.29, 0.717) is 22.3 Å². The van der Waals surface area contributed by atoms with Crippen molar-refractivity contribution in [3.05, 3.63) is 143 Å². The minimum atomic E-state index is -2.19. The number of ether oxygens (including phenoxy) is 2. The van der Waals surface area contributed by atoms with Gasteiger partial charge in [-0.2, -0.15) is 0 Å². The predicted molar refractivity (Wildman–Crippen MR) is 128 cm³/mol. The molecule has 0 heterocycles. The molecule has 3 aliphatic rings. The van der Waals surface area contributed by atoms with Crippen LogP contribution >= 0.6 is 0 Å². The van der Waals surface area contributed by atoms with Gasteiger partial charge in [-0.25, -0.2) is 14.0 Å². The maximum Gasteiger partial charge on any atom is 0.338 e. The number of alkyl halides is 1. The van der Waals surface area contributed by atoms with Crippen molar-refractivity contribution < 1.29 is 23.5 Å². The maximum atomic E-state index is 17.5. The van der Waals surface area contributed by atoms with E-state index in [0.717, 1.165) is 11.1 Å². The smallest absolute Gasteiger partial charge is 0.338 e. The van der Waals surface area contributed by atoms with Gasteiger partial charge in [0.1, 0.15) is 0 Å². The zero-order valence-corrected chi connectivity index (χ0v) is 18.6. The van der Waals surface area contributed by atoms with Gasteiger partial charge in [0.2, 0.25) is 5.67 Å². The monoisotopic (exact) mass is 464 g/mol. The molecule has 2 atom stereocenters. The highest BCUT2D eigenvalue weighted by atomic mass is 19.1. The van der Waals surface area contributed by atoms with Crippen LogP contribution in [0.4, 0.5) is 4.39 Å². The van der Waals surface area contributed by atoms with E-state index >= 15 is 4.39 Å². The summed E-state index contributed by atoms with van der Waals surface area (Å²) < 4.78 is 29.4. The zero-order chi connectivity index (χ0) is 24.0. The third kappa shape index (κ3) is 3.27. The van der Waals surface area contributed by atoms with Crippen LogP contribution in [0, 0.1) is 0 Å². The highest BCUT2D eigenvalue weighted by molar-refractivity contribution is 5.91. The van der Waals surface area contributed by atoms with Gasteiger partial charge in [-0.15, -0.1) is 0 Å². The van der Waals surface area contributed by atoms with Crippen LogP contribution in [0.2, 0.25) is 0 Å². The van der Waals surface area contributed by atoms with E-state index in [2.05, 4.69) is 0 Å². The lowest BCUT2D eigenvalue weighted by Crippen LogP contribution is -2.59. The molecule has 0 radical (unpaired) electrons. The third-order valence-electron chi connectivity index (χ3n) is 6.89. The van der Waals surface area contributed by atoms with E-state index in [9.17, 15) is 9.59 Å². The molecule has 0 saturated carbocycles. The molecular weight excluding hydrogens is 443 g/mol. The summed E-state index contributed by atoms with van der Waals surface area (Å²) in [6.45, 7) is 0. The summed E-state index contributed by atoms with van der Waals surface area (Å²) in [5.41, 5.74) is 0.777. The van der Waals surface area contributed by atoms with Gasteiger partial charge >= 0.3 is 11.9 Å². The Bertz CT molecular complexity index is 1370. The Morgan fingerprint density at radius 3 is 1.54 bits per heavy atom. The summed E-state index contributed by atoms with van der Waals surface area (Å²) >= 11 is 0. The number of hydrogen-bond donors (Lipinski definition) is 0. The van der Waals surface area contributed by atoms with Crippen molar-refractivity contribution in [1.82, 2.24) is 0 Å². The van der Waals surface area contributed by atoms with Crippen LogP contribution in [0.1, 0.15) is 48.9 Å². The summed E-state index contributed by atoms with van der Waals surface area (Å²) in [4.78, 5) is 26.3. The van der Waals surface area contributed by atoms with Crippen LogP contribution in [0.3, 0.4) is 0 Å². The highest BCUT2D eigenvalue weighted by Crippen LogP contribution is 2.59. The minimum absolute atomic E-state index is 0.298. The molecule has 4 nitrogen and oxygen atoms in total. The number of benzene rings is 4. The van der Waals surface area contributed by atoms with Gasteiger partial charge in [0, 0.05) is 11.1 Å². The molecule has 0 aromatic heterocycles. The standard InChI is InChI=1S/C30H21FO4/c31-30-23-17-9-7-15-21(23)25(22-16-8-10-18-24(22)30)26(34-28(32)19-11-3-1-4-12-19)27(30)35-29(33)20-13-5-2-6-14-20/h1-18,25-27H. The number of carbonyl (C=O) groups excluding carboxylic acids is 2. The van der Waals surface area contributed by atoms with Crippen molar-refractivity contribution in [1.29, 1.82) is 0 Å². The predicted octanol–water partition coefficient (Wildman–Crippen LogP) is 5.81. The molecule has 172 valence electrons. The average molecular weight is 464 g/mol. The molecule has 5 heteroatoms. The second-order valence-corrected chi connectivity index (χ2v) is 8.79. The SMILES string of the molecule is O=C(OC1C2c3ccccc3C(F)(c3ccccc32)C1OC(=O)c1ccccc1)c1ccccc1. The van der Waals surface area contributed by atoms with Crippen molar-refractivity contribution in [3.63, 3.8) is 0 Å². The second kappa shape index (κ2) is 8.20. The Morgan fingerprint density at radius 1 is 0.600 bits per heavy atom. The number of halogens is 1. The molecule has 4 aromatic carbocycles. The number of fused-ring (bicyclic) bond motifs is 1. The highest BCUT2D eigenvalue weighted by Gasteiger charge is 2.63. The van der Waals surface area contributed by atoms with E-state index < -0.39 is 35.7 Å². The van der Waals surface area contributed by atoms with E-state index in [4.69, 9.17) is 9.47 Å². The van der Waals surface area contributed by atoms with Gasteiger partial charge in [0.05, 0.1) is 17.0 Å². The summed E-state index contributed by atoms with van der Waals surface area (Å²) in [5, 5.41) is 0. The van der Waals surface area contributed by atoms with E-state index in [1.54, 1.807) is 84.9 Å². The first-order chi connectivity index (χ1) is 17.1. The van der Waals surface area contributed by atoms with Crippen molar-refractivity contribution >= 4 is 11.9 Å². The number of hydrogen-bond acceptors (Lipinski definition) is 4. The third-order valence-corrected chi connectivity index (χ3v) is 6.89. The molecule has 7 rings (SSSR count). The molecule has 0 saturated heterocycles. The van der Waals surface area contributed by atoms with Gasteiger partial charge in [-0.05, 0) is 35.4 Å². The molecule has 0 spiro atoms. The van der Waals surface area contributed by atoms with Crippen LogP contribution in [-0.4, -0.2) is 24.1 Å². The molecular formula is C30H21FO4. The van der Waals surface area contributed by atoms with Gasteiger partial charge in [0.25, 0.3) is 0 Å². The lowest BCUT2D eigenvalue weighted by Gasteiger charge is -2.52. The number of rotatable bonds is 4. The topological polar surface area (TPSA) is 52.6 Å². The largest absolute Gasteiger partial charge is 0.454 e. The molecule has 0 N–H and O–H groups in total. The normalized spacial score (nSPS) is 23.6. The van der Waals surface area contributed by atoms with Gasteiger partial charge in [0.15, 0.2) is 12.2 Å². The minimum Gasteiger partial charge on any atom is -0.454 e. The fourth-order valence-electron chi connectivity index (χ4n) is 5.37. The van der Waals surface area contributed by atoms with E-state index in [1.807, 2.05) is 24.3 Å². The van der Waals surface area contributed by atoms with Crippen LogP contribution in [-0.2, 0) is 15.1 Å². The average Bonchev–Trinajstić information content (AvgIpc) is 2.91. The first kappa shape index (κ1) is 21.3. The number of esters is 2. The molecule has 0 fully saturated rings. The molecule has 2 unspecified atom stereocenters. The fraction of sp³-hybridized carbons (Fsp3) is 0.133. The van der Waals surface area contributed by atoms with Gasteiger partial charge in [-0.1, -0.05) is 84.9 Å². The summed E-state index contributed by atoms with van der Waals surface area (Å²) in [5.74, 6) is -1.75. The summed E-state index contributed by atoms with van der Waals surface area (Å²) in [7, 11) is 0. The molecule has 0 aliphatic heterocycles. The van der Waals surface area contributed by atoms with Crippen molar-refractivity contribution in [2.45, 2.75) is 23.8 Å². The second-order valence-electron chi connectivity index (χ2n) is 8.79. The van der Waals surface area contributed by atoms with Crippen molar-refractivity contribution in [2.75, 3.05) is 0 Å². The zero-order valence-electron chi connectivity index (χ0n) is 18.6. The van der Waals surface area contributed by atoms with Crippen molar-refractivity contribution in [2.24, 2.45) is 0 Å². The van der Waals surface area contributed by atoms with Gasteiger partial charge in [-0.3, -0.25) is 0 Å². The van der Waals surface area contributed by atoms with E-state index in [1.165, 1.54) is 0 Å². The first-order valence-corrected chi connectivity index (χ1v) is 11.5. The first-order valence-electron chi connectivity index (χ1n) is 11.5. The number of carbonyl (C=O) groups is 2.